The number of esters is 1. The normalized spacial score (nSPS) is 11.3. The van der Waals surface area contributed by atoms with Gasteiger partial charge < -0.3 is 9.30 Å². The number of rotatable bonds is 5. The summed E-state index contributed by atoms with van der Waals surface area (Å²) in [5.74, 6) is -3.97. The molecule has 2 heterocycles. The van der Waals surface area contributed by atoms with Gasteiger partial charge in [0.2, 0.25) is 5.91 Å². The van der Waals surface area contributed by atoms with E-state index in [4.69, 9.17) is 4.74 Å². The lowest BCUT2D eigenvalue weighted by molar-refractivity contribution is -0.137. The lowest BCUT2D eigenvalue weighted by Gasteiger charge is -2.24. The molecule has 0 saturated carbocycles. The van der Waals surface area contributed by atoms with E-state index in [0.717, 1.165) is 22.6 Å². The molecular formula is C24H25FN2O5S. The number of benzene rings is 1. The fourth-order valence-corrected chi connectivity index (χ4v) is 4.27. The van der Waals surface area contributed by atoms with Gasteiger partial charge in [0.05, 0.1) is 17.0 Å². The van der Waals surface area contributed by atoms with Crippen molar-refractivity contribution in [2.75, 3.05) is 4.90 Å². The van der Waals surface area contributed by atoms with Crippen LogP contribution < -0.4 is 15.2 Å². The highest BCUT2D eigenvalue weighted by atomic mass is 32.1. The van der Waals surface area contributed by atoms with Crippen molar-refractivity contribution in [3.8, 4) is 5.75 Å². The van der Waals surface area contributed by atoms with Gasteiger partial charge in [0.1, 0.15) is 16.2 Å². The Balaban J connectivity index is 2.34. The number of nitrogens with zero attached hydrogens (tertiary/aromatic N) is 2. The summed E-state index contributed by atoms with van der Waals surface area (Å²) in [5.41, 5.74) is -0.316. The van der Waals surface area contributed by atoms with Crippen LogP contribution in [-0.2, 0) is 16.6 Å². The lowest BCUT2D eigenvalue weighted by atomic mass is 10.1. The van der Waals surface area contributed by atoms with Gasteiger partial charge >= 0.3 is 5.97 Å². The third kappa shape index (κ3) is 4.45. The number of carbonyl (C=O) groups excluding carboxylic acids is 3. The number of anilines is 1. The van der Waals surface area contributed by atoms with E-state index in [1.54, 1.807) is 40.0 Å². The van der Waals surface area contributed by atoms with E-state index in [1.807, 2.05) is 0 Å². The molecule has 0 bridgehead atoms. The molecule has 9 heteroatoms. The Morgan fingerprint density at radius 2 is 1.67 bits per heavy atom. The summed E-state index contributed by atoms with van der Waals surface area (Å²) in [5, 5.41) is 2.25. The van der Waals surface area contributed by atoms with Gasteiger partial charge in [-0.2, -0.15) is 0 Å². The number of thiophene rings is 1. The van der Waals surface area contributed by atoms with Crippen molar-refractivity contribution >= 4 is 45.0 Å². The summed E-state index contributed by atoms with van der Waals surface area (Å²) in [4.78, 5) is 54.1. The maximum absolute atomic E-state index is 13.8. The molecule has 0 aliphatic heterocycles. The highest BCUT2D eigenvalue weighted by molar-refractivity contribution is 7.17. The number of aryl methyl sites for hydroxylation is 2. The third-order valence-corrected chi connectivity index (χ3v) is 6.30. The molecule has 0 N–H and O–H groups in total. The fraction of sp³-hybridized carbons (Fsp3) is 0.333. The Labute approximate surface area is 194 Å². The Morgan fingerprint density at radius 3 is 2.21 bits per heavy atom. The zero-order valence-corrected chi connectivity index (χ0v) is 20.1. The molecule has 33 heavy (non-hydrogen) atoms. The van der Waals surface area contributed by atoms with E-state index in [1.165, 1.54) is 35.1 Å². The second-order valence-electron chi connectivity index (χ2n) is 8.35. The first-order valence-electron chi connectivity index (χ1n) is 10.4. The molecule has 174 valence electrons. The summed E-state index contributed by atoms with van der Waals surface area (Å²) in [6.45, 7) is 8.26. The maximum Gasteiger partial charge on any atom is 0.313 e. The van der Waals surface area contributed by atoms with Crippen molar-refractivity contribution in [3.05, 3.63) is 56.9 Å². The molecule has 1 aromatic carbocycles. The van der Waals surface area contributed by atoms with E-state index in [2.05, 4.69) is 0 Å². The third-order valence-electron chi connectivity index (χ3n) is 5.12. The SMILES string of the molecule is Cc1csc2c1c(OC(=O)C(C)C)c(C(=O)N(C(=O)C(C)C)c1ccc(F)cc1)c(=O)n2C. The zero-order valence-electron chi connectivity index (χ0n) is 19.3. The number of aromatic nitrogens is 1. The van der Waals surface area contributed by atoms with Crippen LogP contribution in [-0.4, -0.2) is 22.4 Å². The topological polar surface area (TPSA) is 85.7 Å². The molecular weight excluding hydrogens is 447 g/mol. The molecule has 2 amide bonds. The summed E-state index contributed by atoms with van der Waals surface area (Å²) in [6, 6.07) is 4.80. The second kappa shape index (κ2) is 9.27. The van der Waals surface area contributed by atoms with Gasteiger partial charge in [-0.25, -0.2) is 9.29 Å². The Bertz CT molecular complexity index is 1310. The lowest BCUT2D eigenvalue weighted by Crippen LogP contribution is -2.43. The number of pyridine rings is 1. The van der Waals surface area contributed by atoms with Crippen LogP contribution in [0.1, 0.15) is 43.6 Å². The first kappa shape index (κ1) is 24.3. The number of ether oxygens (including phenoxy) is 1. The van der Waals surface area contributed by atoms with E-state index in [9.17, 15) is 23.6 Å². The molecule has 0 aliphatic rings. The standard InChI is InChI=1S/C24H25FN2O5S/c1-12(2)20(28)27(16-9-7-15(25)8-10-16)22(30)18-19(32-24(31)13(3)4)17-14(5)11-33-23(17)26(6)21(18)29/h7-13H,1-6H3. The minimum absolute atomic E-state index is 0.102. The summed E-state index contributed by atoms with van der Waals surface area (Å²) < 4.78 is 20.4. The number of imide groups is 1. The van der Waals surface area contributed by atoms with Gasteiger partial charge in [-0.15, -0.1) is 11.3 Å². The number of amides is 2. The summed E-state index contributed by atoms with van der Waals surface area (Å²) >= 11 is 1.28. The Kier molecular flexibility index (Phi) is 6.83. The Morgan fingerprint density at radius 1 is 1.06 bits per heavy atom. The van der Waals surface area contributed by atoms with Crippen LogP contribution >= 0.6 is 11.3 Å². The van der Waals surface area contributed by atoms with Gasteiger partial charge in [-0.3, -0.25) is 19.2 Å². The van der Waals surface area contributed by atoms with Gasteiger partial charge in [0.15, 0.2) is 5.75 Å². The highest BCUT2D eigenvalue weighted by Gasteiger charge is 2.34. The first-order chi connectivity index (χ1) is 15.5. The molecule has 0 saturated heterocycles. The van der Waals surface area contributed by atoms with Crippen molar-refractivity contribution in [1.29, 1.82) is 0 Å². The van der Waals surface area contributed by atoms with Crippen LogP contribution in [0.25, 0.3) is 10.2 Å². The minimum atomic E-state index is -0.944. The quantitative estimate of drug-likeness (QED) is 0.513. The van der Waals surface area contributed by atoms with E-state index >= 15 is 0 Å². The van der Waals surface area contributed by atoms with Crippen molar-refractivity contribution in [2.24, 2.45) is 18.9 Å². The summed E-state index contributed by atoms with van der Waals surface area (Å²) in [6.07, 6.45) is 0. The average molecular weight is 473 g/mol. The molecule has 3 aromatic rings. The fourth-order valence-electron chi connectivity index (χ4n) is 3.25. The highest BCUT2D eigenvalue weighted by Crippen LogP contribution is 2.36. The van der Waals surface area contributed by atoms with E-state index in [-0.39, 0.29) is 11.4 Å². The molecule has 3 rings (SSSR count). The number of carbonyl (C=O) groups is 3. The maximum atomic E-state index is 13.8. The largest absolute Gasteiger partial charge is 0.424 e. The monoisotopic (exact) mass is 472 g/mol. The van der Waals surface area contributed by atoms with Crippen molar-refractivity contribution in [2.45, 2.75) is 34.6 Å². The number of hydrogen-bond donors (Lipinski definition) is 0. The van der Waals surface area contributed by atoms with Gasteiger partial charge in [0, 0.05) is 13.0 Å². The smallest absolute Gasteiger partial charge is 0.313 e. The number of hydrogen-bond acceptors (Lipinski definition) is 6. The zero-order chi connectivity index (χ0) is 24.6. The van der Waals surface area contributed by atoms with Crippen molar-refractivity contribution < 1.29 is 23.5 Å². The predicted molar refractivity (Wildman–Crippen MR) is 125 cm³/mol. The van der Waals surface area contributed by atoms with Crippen LogP contribution in [0, 0.1) is 24.6 Å². The van der Waals surface area contributed by atoms with Gasteiger partial charge in [-0.1, -0.05) is 27.7 Å². The summed E-state index contributed by atoms with van der Waals surface area (Å²) in [7, 11) is 1.51. The molecule has 0 spiro atoms. The molecule has 0 unspecified atom stereocenters. The van der Waals surface area contributed by atoms with E-state index < -0.39 is 46.6 Å². The van der Waals surface area contributed by atoms with Crippen molar-refractivity contribution in [3.63, 3.8) is 0 Å². The molecule has 0 fully saturated rings. The molecule has 0 aliphatic carbocycles. The van der Waals surface area contributed by atoms with Crippen molar-refractivity contribution in [1.82, 2.24) is 4.57 Å². The Hall–Kier alpha value is -3.33. The number of fused-ring (bicyclic) bond motifs is 1. The molecule has 2 aromatic heterocycles. The predicted octanol–water partition coefficient (Wildman–Crippen LogP) is 4.44. The van der Waals surface area contributed by atoms with Gasteiger partial charge in [-0.05, 0) is 42.1 Å². The number of halogens is 1. The van der Waals surface area contributed by atoms with Crippen LogP contribution in [0.2, 0.25) is 0 Å². The first-order valence-corrected chi connectivity index (χ1v) is 11.3. The average Bonchev–Trinajstić information content (AvgIpc) is 3.14. The van der Waals surface area contributed by atoms with Gasteiger partial charge in [0.25, 0.3) is 11.5 Å². The van der Waals surface area contributed by atoms with Crippen LogP contribution in [0.5, 0.6) is 5.75 Å². The van der Waals surface area contributed by atoms with E-state index in [0.29, 0.717) is 10.2 Å². The molecule has 7 nitrogen and oxygen atoms in total. The van der Waals surface area contributed by atoms with Crippen LogP contribution in [0.4, 0.5) is 10.1 Å². The van der Waals surface area contributed by atoms with Crippen LogP contribution in [0.15, 0.2) is 34.4 Å². The van der Waals surface area contributed by atoms with Crippen LogP contribution in [0.3, 0.4) is 0 Å². The minimum Gasteiger partial charge on any atom is -0.424 e. The molecule has 0 atom stereocenters. The molecule has 0 radical (unpaired) electrons. The second-order valence-corrected chi connectivity index (χ2v) is 9.21.